The van der Waals surface area contributed by atoms with Crippen LogP contribution in [0.1, 0.15) is 23.2 Å². The predicted molar refractivity (Wildman–Crippen MR) is 127 cm³/mol. The first-order chi connectivity index (χ1) is 16.5. The number of halogens is 5. The normalized spacial score (nSPS) is 14.0. The molecule has 8 nitrogen and oxygen atoms in total. The number of aromatic nitrogens is 2. The molecule has 0 bridgehead atoms. The fraction of sp³-hybridized carbons (Fsp3) is 0.227. The highest BCUT2D eigenvalue weighted by Crippen LogP contribution is 2.38. The SMILES string of the molecule is NCC(Cl)=C1CCN(c2c(F)cc3c(=O)c(C(=O)O)cn(-c4nc(N)c(F)cc4F)c3c2Cl)CC1. The van der Waals surface area contributed by atoms with E-state index in [4.69, 9.17) is 34.7 Å². The number of carbonyl (C=O) groups is 1. The smallest absolute Gasteiger partial charge is 0.341 e. The molecule has 13 heteroatoms. The van der Waals surface area contributed by atoms with E-state index in [0.29, 0.717) is 37.0 Å². The van der Waals surface area contributed by atoms with E-state index in [1.54, 1.807) is 4.90 Å². The number of anilines is 2. The third-order valence-corrected chi connectivity index (χ3v) is 6.58. The van der Waals surface area contributed by atoms with Crippen molar-refractivity contribution in [2.45, 2.75) is 12.8 Å². The summed E-state index contributed by atoms with van der Waals surface area (Å²) in [5.74, 6) is -6.15. The van der Waals surface area contributed by atoms with Crippen molar-refractivity contribution in [1.29, 1.82) is 0 Å². The Labute approximate surface area is 206 Å². The Morgan fingerprint density at radius 2 is 1.80 bits per heavy atom. The van der Waals surface area contributed by atoms with E-state index in [1.807, 2.05) is 0 Å². The van der Waals surface area contributed by atoms with Crippen molar-refractivity contribution < 1.29 is 23.1 Å². The maximum Gasteiger partial charge on any atom is 0.341 e. The van der Waals surface area contributed by atoms with Crippen molar-refractivity contribution in [3.05, 3.63) is 67.2 Å². The highest BCUT2D eigenvalue weighted by Gasteiger charge is 2.27. The van der Waals surface area contributed by atoms with E-state index in [0.717, 1.165) is 22.4 Å². The zero-order valence-corrected chi connectivity index (χ0v) is 19.4. The van der Waals surface area contributed by atoms with E-state index in [2.05, 4.69) is 4.98 Å². The summed E-state index contributed by atoms with van der Waals surface area (Å²) in [6.07, 6.45) is 1.76. The Balaban J connectivity index is 2.00. The Morgan fingerprint density at radius 1 is 1.14 bits per heavy atom. The summed E-state index contributed by atoms with van der Waals surface area (Å²) in [7, 11) is 0. The molecule has 2 aromatic heterocycles. The molecule has 0 unspecified atom stereocenters. The number of carboxylic acid groups (broad SMARTS) is 1. The minimum absolute atomic E-state index is 0.0752. The molecular formula is C22H18Cl2F3N5O3. The maximum absolute atomic E-state index is 15.3. The van der Waals surface area contributed by atoms with Crippen molar-refractivity contribution in [3.8, 4) is 5.82 Å². The second-order valence-electron chi connectivity index (χ2n) is 7.82. The monoisotopic (exact) mass is 527 g/mol. The lowest BCUT2D eigenvalue weighted by Gasteiger charge is -2.32. The van der Waals surface area contributed by atoms with E-state index < -0.39 is 51.4 Å². The van der Waals surface area contributed by atoms with Gasteiger partial charge < -0.3 is 21.5 Å². The van der Waals surface area contributed by atoms with Gasteiger partial charge >= 0.3 is 5.97 Å². The van der Waals surface area contributed by atoms with Crippen LogP contribution >= 0.6 is 23.2 Å². The third kappa shape index (κ3) is 4.30. The van der Waals surface area contributed by atoms with Crippen molar-refractivity contribution in [3.63, 3.8) is 0 Å². The standard InChI is InChI=1S/C22H18Cl2F3N5O3/c23-12(7-28)9-1-3-31(4-2-9)18-13(25)5-10-17(16(18)24)32(8-11(19(10)33)22(34)35)21-15(27)6-14(26)20(29)30-21/h5-6,8H,1-4,7,28H2,(H2,29,30)(H,34,35). The van der Waals surface area contributed by atoms with Crippen LogP contribution in [0.2, 0.25) is 5.02 Å². The average Bonchev–Trinajstić information content (AvgIpc) is 2.82. The number of benzene rings is 1. The zero-order valence-electron chi connectivity index (χ0n) is 17.9. The zero-order chi connectivity index (χ0) is 25.6. The van der Waals surface area contributed by atoms with Crippen molar-refractivity contribution in [2.24, 2.45) is 5.73 Å². The molecule has 1 aromatic carbocycles. The number of nitrogen functional groups attached to an aromatic ring is 1. The van der Waals surface area contributed by atoms with Gasteiger partial charge in [0.2, 0.25) is 5.43 Å². The van der Waals surface area contributed by atoms with E-state index in [9.17, 15) is 23.5 Å². The van der Waals surface area contributed by atoms with Gasteiger partial charge in [0, 0.05) is 36.9 Å². The van der Waals surface area contributed by atoms with Crippen molar-refractivity contribution >= 4 is 51.6 Å². The molecule has 3 heterocycles. The van der Waals surface area contributed by atoms with Gasteiger partial charge in [-0.1, -0.05) is 28.8 Å². The maximum atomic E-state index is 15.3. The molecule has 1 aliphatic heterocycles. The summed E-state index contributed by atoms with van der Waals surface area (Å²) in [6.45, 7) is 0.821. The molecule has 1 aliphatic rings. The van der Waals surface area contributed by atoms with Gasteiger partial charge in [0.15, 0.2) is 23.3 Å². The van der Waals surface area contributed by atoms with Crippen LogP contribution in [0.25, 0.3) is 16.7 Å². The highest BCUT2D eigenvalue weighted by atomic mass is 35.5. The summed E-state index contributed by atoms with van der Waals surface area (Å²) in [5, 5.41) is 9.30. The summed E-state index contributed by atoms with van der Waals surface area (Å²) in [4.78, 5) is 29.8. The van der Waals surface area contributed by atoms with Gasteiger partial charge in [0.25, 0.3) is 0 Å². The predicted octanol–water partition coefficient (Wildman–Crippen LogP) is 3.79. The van der Waals surface area contributed by atoms with Crippen LogP contribution in [-0.2, 0) is 0 Å². The van der Waals surface area contributed by atoms with Gasteiger partial charge in [-0.2, -0.15) is 0 Å². The molecule has 184 valence electrons. The minimum Gasteiger partial charge on any atom is -0.477 e. The fourth-order valence-electron chi connectivity index (χ4n) is 4.07. The summed E-state index contributed by atoms with van der Waals surface area (Å²) < 4.78 is 44.6. The van der Waals surface area contributed by atoms with Gasteiger partial charge in [0.1, 0.15) is 11.4 Å². The highest BCUT2D eigenvalue weighted by molar-refractivity contribution is 6.38. The molecule has 0 atom stereocenters. The molecule has 1 fully saturated rings. The van der Waals surface area contributed by atoms with Crippen LogP contribution in [0.4, 0.5) is 24.7 Å². The first-order valence-electron chi connectivity index (χ1n) is 10.3. The molecule has 35 heavy (non-hydrogen) atoms. The number of hydrogen-bond acceptors (Lipinski definition) is 6. The largest absolute Gasteiger partial charge is 0.477 e. The number of hydrogen-bond donors (Lipinski definition) is 3. The van der Waals surface area contributed by atoms with Crippen LogP contribution in [-0.4, -0.2) is 40.3 Å². The molecule has 4 rings (SSSR count). The third-order valence-electron chi connectivity index (χ3n) is 5.80. The number of nitrogens with two attached hydrogens (primary N) is 2. The lowest BCUT2D eigenvalue weighted by molar-refractivity contribution is 0.0695. The first-order valence-corrected chi connectivity index (χ1v) is 11.0. The molecule has 1 saturated heterocycles. The second-order valence-corrected chi connectivity index (χ2v) is 8.66. The number of nitrogens with zero attached hydrogens (tertiary/aromatic N) is 3. The fourth-order valence-corrected chi connectivity index (χ4v) is 4.66. The Hall–Kier alpha value is -3.28. The molecular weight excluding hydrogens is 510 g/mol. The molecule has 0 amide bonds. The number of aromatic carboxylic acids is 1. The molecule has 0 radical (unpaired) electrons. The molecule has 0 spiro atoms. The number of fused-ring (bicyclic) bond motifs is 1. The van der Waals surface area contributed by atoms with E-state index in [-0.39, 0.29) is 22.8 Å². The van der Waals surface area contributed by atoms with E-state index >= 15 is 4.39 Å². The van der Waals surface area contributed by atoms with Crippen molar-refractivity contribution in [2.75, 3.05) is 30.3 Å². The lowest BCUT2D eigenvalue weighted by atomic mass is 10.0. The quantitative estimate of drug-likeness (QED) is 0.470. The second kappa shape index (κ2) is 9.40. The molecule has 0 saturated carbocycles. The lowest BCUT2D eigenvalue weighted by Crippen LogP contribution is -2.32. The Kier molecular flexibility index (Phi) is 6.67. The number of pyridine rings is 2. The minimum atomic E-state index is -1.64. The van der Waals surface area contributed by atoms with Gasteiger partial charge in [-0.25, -0.2) is 22.9 Å². The average molecular weight is 528 g/mol. The number of rotatable bonds is 4. The van der Waals surface area contributed by atoms with Crippen LogP contribution in [0.15, 0.2) is 33.7 Å². The van der Waals surface area contributed by atoms with Crippen LogP contribution in [0.3, 0.4) is 0 Å². The first kappa shape index (κ1) is 24.8. The van der Waals surface area contributed by atoms with Crippen LogP contribution < -0.4 is 21.8 Å². The van der Waals surface area contributed by atoms with Crippen LogP contribution in [0.5, 0.6) is 0 Å². The van der Waals surface area contributed by atoms with Gasteiger partial charge in [0.05, 0.1) is 21.6 Å². The van der Waals surface area contributed by atoms with Crippen LogP contribution in [0, 0.1) is 17.5 Å². The van der Waals surface area contributed by atoms with Gasteiger partial charge in [-0.3, -0.25) is 9.36 Å². The summed E-state index contributed by atoms with van der Waals surface area (Å²) in [6, 6.07) is 1.30. The summed E-state index contributed by atoms with van der Waals surface area (Å²) in [5.41, 5.74) is 9.88. The topological polar surface area (TPSA) is 127 Å². The van der Waals surface area contributed by atoms with Crippen molar-refractivity contribution in [1.82, 2.24) is 9.55 Å². The Bertz CT molecular complexity index is 1470. The summed E-state index contributed by atoms with van der Waals surface area (Å²) >= 11 is 12.7. The Morgan fingerprint density at radius 3 is 2.40 bits per heavy atom. The number of piperidine rings is 1. The molecule has 3 aromatic rings. The molecule has 5 N–H and O–H groups in total. The van der Waals surface area contributed by atoms with Gasteiger partial charge in [-0.15, -0.1) is 0 Å². The van der Waals surface area contributed by atoms with E-state index in [1.165, 1.54) is 0 Å². The number of carboxylic acids is 1. The van der Waals surface area contributed by atoms with Gasteiger partial charge in [-0.05, 0) is 18.9 Å². The molecule has 0 aliphatic carbocycles.